The lowest BCUT2D eigenvalue weighted by atomic mass is 9.70. The van der Waals surface area contributed by atoms with E-state index >= 15 is 0 Å². The zero-order chi connectivity index (χ0) is 19.1. The summed E-state index contributed by atoms with van der Waals surface area (Å²) in [5, 5.41) is 12.1. The Hall–Kier alpha value is -2.85. The van der Waals surface area contributed by atoms with Gasteiger partial charge in [-0.15, -0.1) is 0 Å². The van der Waals surface area contributed by atoms with Crippen LogP contribution in [0.25, 0.3) is 0 Å². The maximum absolute atomic E-state index is 12.8. The van der Waals surface area contributed by atoms with Crippen molar-refractivity contribution < 1.29 is 13.2 Å². The summed E-state index contributed by atoms with van der Waals surface area (Å²) < 4.78 is 28.1. The van der Waals surface area contributed by atoms with Crippen LogP contribution in [0.3, 0.4) is 0 Å². The molecule has 1 saturated carbocycles. The third kappa shape index (κ3) is 2.86. The van der Waals surface area contributed by atoms with Crippen LogP contribution in [0.4, 0.5) is 11.4 Å². The number of rotatable bonds is 3. The number of hydrogen-bond donors (Lipinski definition) is 2. The highest BCUT2D eigenvalue weighted by Gasteiger charge is 2.47. The molecule has 27 heavy (non-hydrogen) atoms. The summed E-state index contributed by atoms with van der Waals surface area (Å²) in [6.07, 6.45) is 4.64. The lowest BCUT2D eigenvalue weighted by Crippen LogP contribution is -2.36. The van der Waals surface area contributed by atoms with Gasteiger partial charge in [0.25, 0.3) is 10.0 Å². The Balaban J connectivity index is 1.71. The Morgan fingerprint density at radius 3 is 2.56 bits per heavy atom. The first-order valence-corrected chi connectivity index (χ1v) is 10.4. The van der Waals surface area contributed by atoms with Crippen molar-refractivity contribution in [2.75, 3.05) is 10.0 Å². The summed E-state index contributed by atoms with van der Waals surface area (Å²) in [7, 11) is -3.91. The lowest BCUT2D eigenvalue weighted by molar-refractivity contribution is -0.121. The predicted molar refractivity (Wildman–Crippen MR) is 102 cm³/mol. The number of anilines is 2. The number of fused-ring (bicyclic) bond motifs is 2. The van der Waals surface area contributed by atoms with Gasteiger partial charge >= 0.3 is 0 Å². The average Bonchev–Trinajstić information content (AvgIpc) is 2.93. The molecule has 1 fully saturated rings. The minimum Gasteiger partial charge on any atom is -0.325 e. The van der Waals surface area contributed by atoms with Crippen LogP contribution >= 0.6 is 0 Å². The molecule has 0 unspecified atom stereocenters. The molecule has 2 aliphatic rings. The molecule has 2 N–H and O–H groups in total. The molecule has 138 valence electrons. The molecule has 7 heteroatoms. The summed E-state index contributed by atoms with van der Waals surface area (Å²) >= 11 is 0. The van der Waals surface area contributed by atoms with Crippen molar-refractivity contribution in [3.63, 3.8) is 0 Å². The normalized spacial score (nSPS) is 17.8. The molecule has 0 saturated heterocycles. The molecule has 1 aliphatic carbocycles. The Morgan fingerprint density at radius 1 is 1.07 bits per heavy atom. The zero-order valence-electron chi connectivity index (χ0n) is 14.7. The monoisotopic (exact) mass is 381 g/mol. The summed E-state index contributed by atoms with van der Waals surface area (Å²) in [4.78, 5) is 12.6. The van der Waals surface area contributed by atoms with E-state index in [0.29, 0.717) is 5.69 Å². The quantitative estimate of drug-likeness (QED) is 0.850. The summed E-state index contributed by atoms with van der Waals surface area (Å²) in [5.41, 5.74) is 1.54. The fraction of sp³-hybridized carbons (Fsp3) is 0.300. The number of nitriles is 1. The van der Waals surface area contributed by atoms with Crippen molar-refractivity contribution in [1.82, 2.24) is 0 Å². The van der Waals surface area contributed by atoms with Gasteiger partial charge < -0.3 is 5.32 Å². The molecule has 1 spiro atoms. The van der Waals surface area contributed by atoms with E-state index in [1.807, 2.05) is 6.07 Å². The molecule has 0 bridgehead atoms. The maximum atomic E-state index is 12.8. The Kier molecular flexibility index (Phi) is 4.16. The van der Waals surface area contributed by atoms with E-state index in [2.05, 4.69) is 10.0 Å². The minimum absolute atomic E-state index is 0.00651. The van der Waals surface area contributed by atoms with Crippen molar-refractivity contribution in [1.29, 1.82) is 5.26 Å². The molecule has 1 amide bonds. The zero-order valence-corrected chi connectivity index (χ0v) is 15.5. The van der Waals surface area contributed by atoms with Gasteiger partial charge in [0.15, 0.2) is 0 Å². The maximum Gasteiger partial charge on any atom is 0.263 e. The van der Waals surface area contributed by atoms with Crippen molar-refractivity contribution in [3.05, 3.63) is 53.6 Å². The van der Waals surface area contributed by atoms with E-state index < -0.39 is 15.4 Å². The molecule has 2 aromatic carbocycles. The summed E-state index contributed by atoms with van der Waals surface area (Å²) in [5.74, 6) is 0.00651. The number of carbonyl (C=O) groups is 1. The highest BCUT2D eigenvalue weighted by molar-refractivity contribution is 7.92. The average molecular weight is 381 g/mol. The van der Waals surface area contributed by atoms with Crippen LogP contribution in [-0.4, -0.2) is 14.3 Å². The first-order valence-electron chi connectivity index (χ1n) is 8.94. The standard InChI is InChI=1S/C20H19N3O3S/c21-13-14-6-2-3-7-18(14)27(25,26)23-15-8-9-17-16(12-15)20(19(24)22-17)10-4-1-5-11-20/h2-3,6-9,12,23H,1,4-5,10-11H2,(H,22,24). The number of carbonyl (C=O) groups excluding carboxylic acids is 1. The van der Waals surface area contributed by atoms with Crippen molar-refractivity contribution >= 4 is 27.3 Å². The fourth-order valence-corrected chi connectivity index (χ4v) is 5.34. The molecular formula is C20H19N3O3S. The Labute approximate surface area is 158 Å². The number of benzene rings is 2. The second-order valence-electron chi connectivity index (χ2n) is 7.07. The van der Waals surface area contributed by atoms with Crippen LogP contribution in [-0.2, 0) is 20.2 Å². The van der Waals surface area contributed by atoms with Crippen LogP contribution in [0.1, 0.15) is 43.2 Å². The van der Waals surface area contributed by atoms with Crippen molar-refractivity contribution in [3.8, 4) is 6.07 Å². The molecule has 0 aromatic heterocycles. The van der Waals surface area contributed by atoms with E-state index in [4.69, 9.17) is 0 Å². The van der Waals surface area contributed by atoms with Crippen molar-refractivity contribution in [2.24, 2.45) is 0 Å². The van der Waals surface area contributed by atoms with Gasteiger partial charge in [0.1, 0.15) is 11.0 Å². The van der Waals surface area contributed by atoms with E-state index in [0.717, 1.165) is 43.4 Å². The largest absolute Gasteiger partial charge is 0.325 e. The third-order valence-corrected chi connectivity index (χ3v) is 6.91. The second kappa shape index (κ2) is 6.39. The molecule has 1 heterocycles. The van der Waals surface area contributed by atoms with E-state index in [9.17, 15) is 18.5 Å². The Bertz CT molecular complexity index is 1060. The Morgan fingerprint density at radius 2 is 1.81 bits per heavy atom. The summed E-state index contributed by atoms with van der Waals surface area (Å²) in [6, 6.07) is 13.1. The number of nitrogens with zero attached hydrogens (tertiary/aromatic N) is 1. The van der Waals surface area contributed by atoms with Crippen LogP contribution in [0, 0.1) is 11.3 Å². The first kappa shape index (κ1) is 17.6. The first-order chi connectivity index (χ1) is 13.0. The van der Waals surface area contributed by atoms with Gasteiger partial charge in [0, 0.05) is 11.4 Å². The van der Waals surface area contributed by atoms with E-state index in [1.54, 1.807) is 30.3 Å². The van der Waals surface area contributed by atoms with Gasteiger partial charge in [-0.05, 0) is 48.7 Å². The number of sulfonamides is 1. The van der Waals surface area contributed by atoms with Crippen LogP contribution < -0.4 is 10.0 Å². The molecular weight excluding hydrogens is 362 g/mol. The molecule has 6 nitrogen and oxygen atoms in total. The number of nitrogens with one attached hydrogen (secondary N) is 2. The molecule has 1 aliphatic heterocycles. The highest BCUT2D eigenvalue weighted by atomic mass is 32.2. The third-order valence-electron chi connectivity index (χ3n) is 5.47. The predicted octanol–water partition coefficient (Wildman–Crippen LogP) is 3.51. The number of amides is 1. The number of hydrogen-bond acceptors (Lipinski definition) is 4. The minimum atomic E-state index is -3.91. The van der Waals surface area contributed by atoms with Gasteiger partial charge in [-0.2, -0.15) is 5.26 Å². The topological polar surface area (TPSA) is 99.1 Å². The fourth-order valence-electron chi connectivity index (χ4n) is 4.13. The smallest absolute Gasteiger partial charge is 0.263 e. The van der Waals surface area contributed by atoms with E-state index in [-0.39, 0.29) is 16.4 Å². The molecule has 2 aromatic rings. The van der Waals surface area contributed by atoms with Gasteiger partial charge in [-0.3, -0.25) is 9.52 Å². The van der Waals surface area contributed by atoms with Crippen LogP contribution in [0.5, 0.6) is 0 Å². The van der Waals surface area contributed by atoms with E-state index in [1.165, 1.54) is 12.1 Å². The lowest BCUT2D eigenvalue weighted by Gasteiger charge is -2.31. The van der Waals surface area contributed by atoms with Gasteiger partial charge in [0.05, 0.1) is 11.0 Å². The molecule has 4 rings (SSSR count). The van der Waals surface area contributed by atoms with Crippen LogP contribution in [0.15, 0.2) is 47.4 Å². The van der Waals surface area contributed by atoms with Crippen molar-refractivity contribution in [2.45, 2.75) is 42.4 Å². The van der Waals surface area contributed by atoms with Gasteiger partial charge in [-0.25, -0.2) is 8.42 Å². The summed E-state index contributed by atoms with van der Waals surface area (Å²) in [6.45, 7) is 0. The van der Waals surface area contributed by atoms with Crippen LogP contribution in [0.2, 0.25) is 0 Å². The molecule has 0 atom stereocenters. The highest BCUT2D eigenvalue weighted by Crippen LogP contribution is 2.48. The molecule has 0 radical (unpaired) electrons. The van der Waals surface area contributed by atoms with Gasteiger partial charge in [0.2, 0.25) is 5.91 Å². The van der Waals surface area contributed by atoms with Gasteiger partial charge in [-0.1, -0.05) is 31.4 Å². The SMILES string of the molecule is N#Cc1ccccc1S(=O)(=O)Nc1ccc2c(c1)C1(CCCCC1)C(=O)N2. The second-order valence-corrected chi connectivity index (χ2v) is 8.72.